The Labute approximate surface area is 586 Å². The molecular weight excluding hydrogens is 1260 g/mol. The number of hydrogen-bond donors (Lipinski definition) is 3. The molecule has 0 bridgehead atoms. The predicted octanol–water partition coefficient (Wildman–Crippen LogP) is 22.4. The van der Waals surface area contributed by atoms with Crippen LogP contribution in [0.3, 0.4) is 0 Å². The molecule has 0 heterocycles. The van der Waals surface area contributed by atoms with E-state index in [1.54, 1.807) is 0 Å². The van der Waals surface area contributed by atoms with E-state index >= 15 is 0 Å². The van der Waals surface area contributed by atoms with Crippen molar-refractivity contribution in [3.63, 3.8) is 0 Å². The van der Waals surface area contributed by atoms with E-state index in [-0.39, 0.29) is 25.7 Å². The van der Waals surface area contributed by atoms with Crippen LogP contribution in [0.5, 0.6) is 0 Å². The summed E-state index contributed by atoms with van der Waals surface area (Å²) in [6, 6.07) is 0. The summed E-state index contributed by atoms with van der Waals surface area (Å²) in [6.45, 7) is 7.20. The van der Waals surface area contributed by atoms with Crippen molar-refractivity contribution in [1.29, 1.82) is 0 Å². The maximum absolute atomic E-state index is 13.1. The number of aliphatic hydroxyl groups is 1. The molecule has 0 spiro atoms. The number of allylic oxidation sites excluding steroid dienone is 4. The third kappa shape index (κ3) is 70.0. The van der Waals surface area contributed by atoms with Gasteiger partial charge in [-0.15, -0.1) is 0 Å². The minimum absolute atomic E-state index is 0.0857. The molecule has 19 heteroatoms. The van der Waals surface area contributed by atoms with E-state index in [0.29, 0.717) is 25.7 Å². The Kier molecular flexibility index (Phi) is 67.8. The fraction of sp³-hybridized carbons (Fsp3) is 0.896. The molecule has 566 valence electrons. The van der Waals surface area contributed by atoms with Crippen LogP contribution in [0.15, 0.2) is 24.3 Å². The number of ether oxygens (including phenoxy) is 4. The summed E-state index contributed by atoms with van der Waals surface area (Å²) in [7, 11) is -9.93. The van der Waals surface area contributed by atoms with Gasteiger partial charge in [-0.05, 0) is 57.3 Å². The number of aliphatic hydroxyl groups excluding tert-OH is 1. The number of hydrogen-bond acceptors (Lipinski definition) is 15. The Morgan fingerprint density at radius 3 is 0.854 bits per heavy atom. The molecular formula is C77H146O17P2. The van der Waals surface area contributed by atoms with Crippen LogP contribution in [-0.2, 0) is 65.4 Å². The van der Waals surface area contributed by atoms with Crippen molar-refractivity contribution in [2.75, 3.05) is 39.6 Å². The number of unbranched alkanes of at least 4 members (excludes halogenated alkanes) is 44. The minimum atomic E-state index is -4.97. The first-order valence-corrected chi connectivity index (χ1v) is 42.4. The summed E-state index contributed by atoms with van der Waals surface area (Å²) in [4.78, 5) is 72.8. The predicted molar refractivity (Wildman–Crippen MR) is 391 cm³/mol. The highest BCUT2D eigenvalue weighted by atomic mass is 31.2. The van der Waals surface area contributed by atoms with Crippen molar-refractivity contribution in [1.82, 2.24) is 0 Å². The number of carbonyl (C=O) groups is 4. The fourth-order valence-electron chi connectivity index (χ4n) is 11.3. The summed E-state index contributed by atoms with van der Waals surface area (Å²) >= 11 is 0. The lowest BCUT2D eigenvalue weighted by Gasteiger charge is -2.21. The second-order valence-corrected chi connectivity index (χ2v) is 30.4. The van der Waals surface area contributed by atoms with Crippen LogP contribution in [0.2, 0.25) is 0 Å². The van der Waals surface area contributed by atoms with E-state index in [0.717, 1.165) is 109 Å². The molecule has 5 atom stereocenters. The molecule has 0 aromatic carbocycles. The van der Waals surface area contributed by atoms with Gasteiger partial charge in [0.15, 0.2) is 12.2 Å². The third-order valence-corrected chi connectivity index (χ3v) is 19.3. The number of phosphoric ester groups is 2. The van der Waals surface area contributed by atoms with Gasteiger partial charge in [-0.2, -0.15) is 0 Å². The molecule has 0 aliphatic carbocycles. The van der Waals surface area contributed by atoms with Gasteiger partial charge in [0.1, 0.15) is 19.3 Å². The minimum Gasteiger partial charge on any atom is -0.462 e. The molecule has 0 amide bonds. The maximum Gasteiger partial charge on any atom is 0.472 e. The summed E-state index contributed by atoms with van der Waals surface area (Å²) in [5.41, 5.74) is 0. The molecule has 0 fully saturated rings. The molecule has 3 N–H and O–H groups in total. The molecule has 0 saturated heterocycles. The first-order valence-electron chi connectivity index (χ1n) is 39.5. The molecule has 0 radical (unpaired) electrons. The molecule has 17 nitrogen and oxygen atoms in total. The number of esters is 4. The Morgan fingerprint density at radius 1 is 0.323 bits per heavy atom. The first kappa shape index (κ1) is 93.5. The van der Waals surface area contributed by atoms with Crippen molar-refractivity contribution in [2.24, 2.45) is 5.92 Å². The SMILES string of the molecule is CCCCCC/C=C\C=C/CCCCCCCC(=O)O[C@H](COC(=O)CCCCCCCCCCCCCCCCC)COP(=O)(O)OC[C@@H](O)COP(=O)(O)OC[C@@H](COC(=O)CCCCCCCCCCC(C)C)OC(=O)CCCCCCCCCCCCCCCCC. The summed E-state index contributed by atoms with van der Waals surface area (Å²) in [5.74, 6) is -1.42. The standard InChI is InChI=1S/C77H146O17P2/c1-6-9-12-15-18-21-24-27-30-33-36-39-45-50-55-60-74(79)87-66-72(93-76(81)62-57-52-47-40-37-34-31-28-25-22-19-16-13-10-7-2)68-91-95(83,84)89-64-71(78)65-90-96(85,86)92-69-73(67-88-75(80)61-56-51-46-43-42-44-49-54-59-70(4)5)94-77(82)63-58-53-48-41-38-35-32-29-26-23-20-17-14-11-8-3/h22,25,28,31,70-73,78H,6-21,23-24,26-27,29-30,32-69H2,1-5H3,(H,83,84)(H,85,86)/b25-22-,31-28-/t71-,72-,73-/m1/s1. The van der Waals surface area contributed by atoms with Crippen molar-refractivity contribution >= 4 is 39.5 Å². The van der Waals surface area contributed by atoms with E-state index in [2.05, 4.69) is 58.9 Å². The van der Waals surface area contributed by atoms with Gasteiger partial charge in [0.05, 0.1) is 26.4 Å². The van der Waals surface area contributed by atoms with E-state index in [1.807, 2.05) is 0 Å². The average molecular weight is 1410 g/mol. The van der Waals surface area contributed by atoms with Gasteiger partial charge in [0.2, 0.25) is 0 Å². The van der Waals surface area contributed by atoms with Crippen LogP contribution in [0, 0.1) is 5.92 Å². The van der Waals surface area contributed by atoms with Gasteiger partial charge < -0.3 is 33.8 Å². The molecule has 96 heavy (non-hydrogen) atoms. The topological polar surface area (TPSA) is 237 Å². The lowest BCUT2D eigenvalue weighted by Crippen LogP contribution is -2.30. The van der Waals surface area contributed by atoms with Crippen LogP contribution >= 0.6 is 15.6 Å². The molecule has 0 aromatic heterocycles. The lowest BCUT2D eigenvalue weighted by atomic mass is 10.0. The van der Waals surface area contributed by atoms with Crippen LogP contribution in [0.1, 0.15) is 381 Å². The van der Waals surface area contributed by atoms with Crippen LogP contribution < -0.4 is 0 Å². The highest BCUT2D eigenvalue weighted by Gasteiger charge is 2.30. The number of rotatable bonds is 75. The molecule has 2 unspecified atom stereocenters. The van der Waals surface area contributed by atoms with Crippen LogP contribution in [0.4, 0.5) is 0 Å². The fourth-order valence-corrected chi connectivity index (χ4v) is 12.9. The Morgan fingerprint density at radius 2 is 0.562 bits per heavy atom. The highest BCUT2D eigenvalue weighted by molar-refractivity contribution is 7.47. The van der Waals surface area contributed by atoms with E-state index in [9.17, 15) is 43.2 Å². The molecule has 0 aliphatic heterocycles. The monoisotopic (exact) mass is 1410 g/mol. The van der Waals surface area contributed by atoms with E-state index < -0.39 is 97.5 Å². The number of phosphoric acid groups is 2. The van der Waals surface area contributed by atoms with Crippen molar-refractivity contribution in [2.45, 2.75) is 400 Å². The van der Waals surface area contributed by atoms with Gasteiger partial charge in [-0.3, -0.25) is 37.3 Å². The summed E-state index contributed by atoms with van der Waals surface area (Å²) < 4.78 is 68.5. The zero-order chi connectivity index (χ0) is 70.5. The summed E-state index contributed by atoms with van der Waals surface area (Å²) in [6.07, 6.45) is 61.7. The van der Waals surface area contributed by atoms with Gasteiger partial charge in [0.25, 0.3) is 0 Å². The van der Waals surface area contributed by atoms with E-state index in [1.165, 1.54) is 193 Å². The zero-order valence-corrected chi connectivity index (χ0v) is 63.8. The van der Waals surface area contributed by atoms with Gasteiger partial charge >= 0.3 is 39.5 Å². The Bertz CT molecular complexity index is 1930. The largest absolute Gasteiger partial charge is 0.472 e. The van der Waals surface area contributed by atoms with Crippen LogP contribution in [0.25, 0.3) is 0 Å². The van der Waals surface area contributed by atoms with Gasteiger partial charge in [-0.25, -0.2) is 9.13 Å². The summed E-state index contributed by atoms with van der Waals surface area (Å²) in [5, 5.41) is 10.6. The maximum atomic E-state index is 13.1. The molecule has 0 aliphatic rings. The zero-order valence-electron chi connectivity index (χ0n) is 62.0. The van der Waals surface area contributed by atoms with Crippen molar-refractivity contribution < 1.29 is 80.2 Å². The number of carbonyl (C=O) groups excluding carboxylic acids is 4. The molecule has 0 saturated carbocycles. The smallest absolute Gasteiger partial charge is 0.462 e. The quantitative estimate of drug-likeness (QED) is 0.0169. The highest BCUT2D eigenvalue weighted by Crippen LogP contribution is 2.45. The first-order chi connectivity index (χ1) is 46.5. The normalized spacial score (nSPS) is 14.1. The Balaban J connectivity index is 5.29. The Hall–Kier alpha value is -2.46. The van der Waals surface area contributed by atoms with Crippen LogP contribution in [-0.4, -0.2) is 96.7 Å². The van der Waals surface area contributed by atoms with E-state index in [4.69, 9.17) is 37.0 Å². The molecule has 0 aromatic rings. The average Bonchev–Trinajstić information content (AvgIpc) is 1.13. The second kappa shape index (κ2) is 69.6. The van der Waals surface area contributed by atoms with Crippen molar-refractivity contribution in [3.8, 4) is 0 Å². The second-order valence-electron chi connectivity index (χ2n) is 27.5. The van der Waals surface area contributed by atoms with Gasteiger partial charge in [0, 0.05) is 25.7 Å². The third-order valence-electron chi connectivity index (χ3n) is 17.4. The van der Waals surface area contributed by atoms with Crippen molar-refractivity contribution in [3.05, 3.63) is 24.3 Å². The molecule has 0 rings (SSSR count). The lowest BCUT2D eigenvalue weighted by molar-refractivity contribution is -0.161. The van der Waals surface area contributed by atoms with Gasteiger partial charge in [-0.1, -0.05) is 329 Å².